The predicted molar refractivity (Wildman–Crippen MR) is 125 cm³/mol. The lowest BCUT2D eigenvalue weighted by molar-refractivity contribution is -0.173. The van der Waals surface area contributed by atoms with E-state index in [-0.39, 0.29) is 30.3 Å². The summed E-state index contributed by atoms with van der Waals surface area (Å²) >= 11 is 0. The van der Waals surface area contributed by atoms with Crippen LogP contribution in [0.1, 0.15) is 41.4 Å². The highest BCUT2D eigenvalue weighted by molar-refractivity contribution is 5.96. The van der Waals surface area contributed by atoms with Crippen LogP contribution in [-0.2, 0) is 4.74 Å². The van der Waals surface area contributed by atoms with Crippen LogP contribution in [0.5, 0.6) is 0 Å². The second-order valence-corrected chi connectivity index (χ2v) is 8.50. The number of H-pyrrole nitrogens is 1. The highest BCUT2D eigenvalue weighted by Crippen LogP contribution is 2.26. The fourth-order valence-corrected chi connectivity index (χ4v) is 3.92. The van der Waals surface area contributed by atoms with Gasteiger partial charge in [0.05, 0.1) is 24.0 Å². The Kier molecular flexibility index (Phi) is 6.62. The number of hydrogen-bond acceptors (Lipinski definition) is 5. The molecule has 1 aromatic carbocycles. The average molecular weight is 487 g/mol. The Morgan fingerprint density at radius 3 is 2.77 bits per heavy atom. The number of nitrogens with one attached hydrogen (secondary N) is 2. The zero-order chi connectivity index (χ0) is 25.3. The predicted octanol–water partition coefficient (Wildman–Crippen LogP) is 3.98. The van der Waals surface area contributed by atoms with Gasteiger partial charge in [0.15, 0.2) is 5.69 Å². The number of amides is 1. The zero-order valence-corrected chi connectivity index (χ0v) is 19.4. The maximum atomic E-state index is 13.1. The normalized spacial score (nSPS) is 12.1. The van der Waals surface area contributed by atoms with Crippen LogP contribution in [-0.4, -0.2) is 51.4 Å². The number of ether oxygens (including phenoxy) is 1. The molecule has 0 saturated carbocycles. The van der Waals surface area contributed by atoms with Crippen LogP contribution in [0.3, 0.4) is 0 Å². The van der Waals surface area contributed by atoms with Crippen LogP contribution >= 0.6 is 0 Å². The van der Waals surface area contributed by atoms with Crippen molar-refractivity contribution in [2.75, 3.05) is 19.8 Å². The minimum atomic E-state index is -4.44. The van der Waals surface area contributed by atoms with Gasteiger partial charge < -0.3 is 15.0 Å². The molecule has 0 radical (unpaired) electrons. The Morgan fingerprint density at radius 2 is 2.06 bits per heavy atom. The van der Waals surface area contributed by atoms with Crippen molar-refractivity contribution in [1.82, 2.24) is 24.9 Å². The molecule has 0 atom stereocenters. The van der Waals surface area contributed by atoms with E-state index in [1.165, 1.54) is 4.52 Å². The van der Waals surface area contributed by atoms with Crippen LogP contribution in [0.15, 0.2) is 41.5 Å². The van der Waals surface area contributed by atoms with E-state index in [1.807, 2.05) is 45.0 Å². The summed E-state index contributed by atoms with van der Waals surface area (Å²) in [6.07, 6.45) is -1.17. The molecule has 2 N–H and O–H groups in total. The van der Waals surface area contributed by atoms with Crippen molar-refractivity contribution in [2.45, 2.75) is 32.9 Å². The summed E-state index contributed by atoms with van der Waals surface area (Å²) in [7, 11) is 0. The molecule has 0 bridgehead atoms. The third-order valence-electron chi connectivity index (χ3n) is 5.51. The van der Waals surface area contributed by atoms with E-state index in [4.69, 9.17) is 0 Å². The number of aromatic amines is 1. The molecule has 0 aliphatic rings. The number of benzene rings is 1. The van der Waals surface area contributed by atoms with E-state index >= 15 is 0 Å². The fraction of sp³-hybridized carbons (Fsp3) is 0.333. The minimum Gasteiger partial charge on any atom is -0.370 e. The van der Waals surface area contributed by atoms with Gasteiger partial charge in [-0.25, -0.2) is 4.52 Å². The van der Waals surface area contributed by atoms with Crippen LogP contribution in [0.2, 0.25) is 0 Å². The fourth-order valence-electron chi connectivity index (χ4n) is 3.92. The van der Waals surface area contributed by atoms with Crippen LogP contribution in [0.25, 0.3) is 27.7 Å². The highest BCUT2D eigenvalue weighted by Gasteiger charge is 2.27. The van der Waals surface area contributed by atoms with E-state index < -0.39 is 24.2 Å². The van der Waals surface area contributed by atoms with Crippen molar-refractivity contribution in [3.05, 3.63) is 63.8 Å². The first-order valence-corrected chi connectivity index (χ1v) is 11.0. The molecule has 1 amide bonds. The third-order valence-corrected chi connectivity index (χ3v) is 5.51. The van der Waals surface area contributed by atoms with Gasteiger partial charge in [0.1, 0.15) is 12.1 Å². The van der Waals surface area contributed by atoms with Gasteiger partial charge in [0.25, 0.3) is 11.5 Å². The lowest BCUT2D eigenvalue weighted by Crippen LogP contribution is -2.30. The number of nitrogens with zero attached hydrogens (tertiary/aromatic N) is 3. The maximum absolute atomic E-state index is 13.1. The number of rotatable bonds is 7. The van der Waals surface area contributed by atoms with E-state index in [1.54, 1.807) is 12.4 Å². The average Bonchev–Trinajstić information content (AvgIpc) is 3.19. The van der Waals surface area contributed by atoms with Gasteiger partial charge >= 0.3 is 6.18 Å². The number of fused-ring (bicyclic) bond motifs is 2. The van der Waals surface area contributed by atoms with E-state index in [0.29, 0.717) is 16.8 Å². The topological polar surface area (TPSA) is 101 Å². The van der Waals surface area contributed by atoms with Crippen molar-refractivity contribution in [2.24, 2.45) is 0 Å². The lowest BCUT2D eigenvalue weighted by atomic mass is 10.0. The molecular weight excluding hydrogens is 463 g/mol. The second kappa shape index (κ2) is 9.49. The highest BCUT2D eigenvalue weighted by atomic mass is 19.4. The Balaban J connectivity index is 1.66. The minimum absolute atomic E-state index is 0.0333. The Morgan fingerprint density at radius 1 is 1.29 bits per heavy atom. The van der Waals surface area contributed by atoms with E-state index in [0.717, 1.165) is 16.5 Å². The zero-order valence-electron chi connectivity index (χ0n) is 19.4. The third kappa shape index (κ3) is 5.19. The molecule has 0 saturated heterocycles. The van der Waals surface area contributed by atoms with Gasteiger partial charge in [-0.1, -0.05) is 26.0 Å². The van der Waals surface area contributed by atoms with Gasteiger partial charge in [-0.05, 0) is 30.5 Å². The van der Waals surface area contributed by atoms with Crippen molar-refractivity contribution in [3.8, 4) is 11.3 Å². The van der Waals surface area contributed by atoms with Crippen molar-refractivity contribution in [1.29, 1.82) is 0 Å². The maximum Gasteiger partial charge on any atom is 0.411 e. The molecule has 4 aromatic rings. The molecule has 35 heavy (non-hydrogen) atoms. The smallest absolute Gasteiger partial charge is 0.370 e. The number of carbonyl (C=O) groups is 1. The molecule has 0 aliphatic heterocycles. The summed E-state index contributed by atoms with van der Waals surface area (Å²) in [5.74, 6) is -0.816. The standard InChI is InChI=1S/C24H24F3N5O3/c1-13(2)19-20(22(33)28-7-8-35-12-24(25,26)27)31-32-11-18(30-23(34)21(19)32)15-9-16-14(3)5-4-6-17(16)29-10-15/h4-6,9-11,13H,7-8,12H2,1-3H3,(H,28,33)(H,30,34). The second-order valence-electron chi connectivity index (χ2n) is 8.50. The summed E-state index contributed by atoms with van der Waals surface area (Å²) in [6, 6.07) is 7.72. The molecular formula is C24H24F3N5O3. The summed E-state index contributed by atoms with van der Waals surface area (Å²) in [6.45, 7) is 3.78. The molecule has 0 spiro atoms. The van der Waals surface area contributed by atoms with Crippen molar-refractivity contribution in [3.63, 3.8) is 0 Å². The molecule has 0 unspecified atom stereocenters. The first-order valence-electron chi connectivity index (χ1n) is 11.0. The van der Waals surface area contributed by atoms with Gasteiger partial charge in [0, 0.05) is 29.3 Å². The van der Waals surface area contributed by atoms with Crippen LogP contribution in [0.4, 0.5) is 13.2 Å². The molecule has 0 aliphatic carbocycles. The number of alkyl halides is 3. The number of carbonyl (C=O) groups excluding carboxylic acids is 1. The Hall–Kier alpha value is -3.73. The number of aryl methyl sites for hydroxylation is 1. The SMILES string of the molecule is Cc1cccc2ncc(-c3cn4nc(C(=O)NCCOCC(F)(F)F)c(C(C)C)c4c(=O)[nH]3)cc12. The molecule has 0 fully saturated rings. The molecule has 184 valence electrons. The van der Waals surface area contributed by atoms with E-state index in [2.05, 4.69) is 25.1 Å². The summed E-state index contributed by atoms with van der Waals surface area (Å²) < 4.78 is 42.5. The summed E-state index contributed by atoms with van der Waals surface area (Å²) in [5, 5.41) is 7.79. The van der Waals surface area contributed by atoms with Gasteiger partial charge in [-0.2, -0.15) is 18.3 Å². The van der Waals surface area contributed by atoms with Gasteiger partial charge in [-0.3, -0.25) is 14.6 Å². The molecule has 8 nitrogen and oxygen atoms in total. The van der Waals surface area contributed by atoms with Crippen molar-refractivity contribution < 1.29 is 22.7 Å². The Bertz CT molecular complexity index is 1460. The number of hydrogen-bond donors (Lipinski definition) is 2. The monoisotopic (exact) mass is 487 g/mol. The summed E-state index contributed by atoms with van der Waals surface area (Å²) in [4.78, 5) is 33.2. The number of halogens is 3. The number of aromatic nitrogens is 4. The van der Waals surface area contributed by atoms with Gasteiger partial charge in [-0.15, -0.1) is 0 Å². The first kappa shape index (κ1) is 24.4. The first-order chi connectivity index (χ1) is 16.5. The molecule has 3 aromatic heterocycles. The molecule has 4 rings (SSSR count). The molecule has 11 heteroatoms. The molecule has 3 heterocycles. The van der Waals surface area contributed by atoms with Crippen LogP contribution < -0.4 is 10.9 Å². The largest absolute Gasteiger partial charge is 0.411 e. The van der Waals surface area contributed by atoms with Gasteiger partial charge in [0.2, 0.25) is 0 Å². The van der Waals surface area contributed by atoms with E-state index in [9.17, 15) is 22.8 Å². The summed E-state index contributed by atoms with van der Waals surface area (Å²) in [5.41, 5.74) is 3.31. The van der Waals surface area contributed by atoms with Crippen LogP contribution in [0, 0.1) is 6.92 Å². The lowest BCUT2D eigenvalue weighted by Gasteiger charge is -2.09. The quantitative estimate of drug-likeness (QED) is 0.384. The number of pyridine rings is 1. The van der Waals surface area contributed by atoms with Crippen molar-refractivity contribution >= 4 is 22.3 Å². The Labute approximate surface area is 198 Å².